The molecular formula is C18H22O7. The van der Waals surface area contributed by atoms with Crippen molar-refractivity contribution in [1.82, 2.24) is 0 Å². The van der Waals surface area contributed by atoms with Crippen molar-refractivity contribution in [3.63, 3.8) is 0 Å². The third-order valence-electron chi connectivity index (χ3n) is 4.05. The van der Waals surface area contributed by atoms with Crippen molar-refractivity contribution >= 4 is 11.8 Å². The van der Waals surface area contributed by atoms with Crippen LogP contribution >= 0.6 is 0 Å². The zero-order chi connectivity index (χ0) is 18.4. The maximum atomic E-state index is 12.3. The average molecular weight is 350 g/mol. The van der Waals surface area contributed by atoms with Crippen LogP contribution in [0.3, 0.4) is 0 Å². The molecule has 0 spiro atoms. The molecular weight excluding hydrogens is 328 g/mol. The first-order chi connectivity index (χ1) is 11.9. The molecule has 0 saturated carbocycles. The number of ketones is 1. The number of carbonyl (C=O) groups excluding carboxylic acids is 2. The van der Waals surface area contributed by atoms with Gasteiger partial charge in [-0.05, 0) is 31.4 Å². The zero-order valence-electron chi connectivity index (χ0n) is 13.9. The Bertz CT molecular complexity index is 653. The molecule has 0 amide bonds. The first-order valence-corrected chi connectivity index (χ1v) is 8.06. The van der Waals surface area contributed by atoms with E-state index in [1.54, 1.807) is 6.08 Å². The van der Waals surface area contributed by atoms with Crippen molar-refractivity contribution in [3.05, 3.63) is 35.9 Å². The van der Waals surface area contributed by atoms with E-state index in [1.165, 1.54) is 31.4 Å². The van der Waals surface area contributed by atoms with E-state index in [4.69, 9.17) is 9.47 Å². The van der Waals surface area contributed by atoms with Gasteiger partial charge in [-0.1, -0.05) is 12.2 Å². The summed E-state index contributed by atoms with van der Waals surface area (Å²) in [6, 6.07) is 4.25. The lowest BCUT2D eigenvalue weighted by Crippen LogP contribution is -2.33. The molecule has 25 heavy (non-hydrogen) atoms. The number of methoxy groups -OCH3 is 1. The number of phenolic OH excluding ortho intramolecular Hbond substituents is 1. The predicted molar refractivity (Wildman–Crippen MR) is 88.5 cm³/mol. The van der Waals surface area contributed by atoms with E-state index in [0.717, 1.165) is 0 Å². The number of rotatable bonds is 3. The van der Waals surface area contributed by atoms with Crippen molar-refractivity contribution in [3.8, 4) is 11.5 Å². The van der Waals surface area contributed by atoms with Crippen LogP contribution in [0.25, 0.3) is 0 Å². The van der Waals surface area contributed by atoms with E-state index in [1.807, 2.05) is 0 Å². The van der Waals surface area contributed by atoms with Gasteiger partial charge < -0.3 is 24.8 Å². The molecule has 0 saturated heterocycles. The molecule has 3 atom stereocenters. The highest BCUT2D eigenvalue weighted by atomic mass is 16.5. The van der Waals surface area contributed by atoms with E-state index in [9.17, 15) is 24.9 Å². The number of hydrogen-bond acceptors (Lipinski definition) is 7. The van der Waals surface area contributed by atoms with E-state index in [0.29, 0.717) is 18.6 Å². The molecule has 3 unspecified atom stereocenters. The zero-order valence-corrected chi connectivity index (χ0v) is 13.9. The van der Waals surface area contributed by atoms with Crippen LogP contribution in [-0.4, -0.2) is 52.5 Å². The Hall–Kier alpha value is -2.38. The summed E-state index contributed by atoms with van der Waals surface area (Å²) < 4.78 is 10.4. The maximum absolute atomic E-state index is 12.3. The summed E-state index contributed by atoms with van der Waals surface area (Å²) in [7, 11) is 1.45. The smallest absolute Gasteiger partial charge is 0.342 e. The Balaban J connectivity index is 2.06. The Morgan fingerprint density at radius 1 is 1.24 bits per heavy atom. The molecule has 0 heterocycles. The first kappa shape index (κ1) is 19.0. The third-order valence-corrected chi connectivity index (χ3v) is 4.05. The fourth-order valence-corrected chi connectivity index (χ4v) is 2.55. The van der Waals surface area contributed by atoms with Crippen LogP contribution in [0.2, 0.25) is 0 Å². The largest absolute Gasteiger partial charge is 0.507 e. The van der Waals surface area contributed by atoms with Gasteiger partial charge in [-0.2, -0.15) is 0 Å². The number of Topliss-reactive ketones (excluding diaryl/α,β-unsaturated/α-hetero) is 1. The van der Waals surface area contributed by atoms with Crippen molar-refractivity contribution in [1.29, 1.82) is 0 Å². The van der Waals surface area contributed by atoms with Gasteiger partial charge in [0, 0.05) is 12.5 Å². The van der Waals surface area contributed by atoms with Crippen LogP contribution in [0.1, 0.15) is 36.0 Å². The number of esters is 1. The highest BCUT2D eigenvalue weighted by Gasteiger charge is 2.25. The molecule has 0 radical (unpaired) electrons. The van der Waals surface area contributed by atoms with Crippen molar-refractivity contribution < 1.29 is 34.4 Å². The second-order valence-electron chi connectivity index (χ2n) is 5.86. The number of allylic oxidation sites excluding steroid dienone is 1. The van der Waals surface area contributed by atoms with Gasteiger partial charge in [-0.15, -0.1) is 0 Å². The van der Waals surface area contributed by atoms with Crippen molar-refractivity contribution in [2.24, 2.45) is 0 Å². The van der Waals surface area contributed by atoms with Crippen LogP contribution < -0.4 is 4.74 Å². The number of aliphatic hydroxyl groups is 2. The summed E-state index contributed by atoms with van der Waals surface area (Å²) in [4.78, 5) is 24.1. The van der Waals surface area contributed by atoms with Crippen molar-refractivity contribution in [2.75, 3.05) is 7.11 Å². The molecule has 0 bridgehead atoms. The van der Waals surface area contributed by atoms with E-state index in [2.05, 4.69) is 0 Å². The summed E-state index contributed by atoms with van der Waals surface area (Å²) in [5.41, 5.74) is 0.00946. The van der Waals surface area contributed by atoms with Crippen LogP contribution in [0, 0.1) is 0 Å². The maximum Gasteiger partial charge on any atom is 0.342 e. The highest BCUT2D eigenvalue weighted by molar-refractivity contribution is 5.92. The van der Waals surface area contributed by atoms with E-state index >= 15 is 0 Å². The summed E-state index contributed by atoms with van der Waals surface area (Å²) in [5, 5.41) is 29.2. The van der Waals surface area contributed by atoms with Crippen LogP contribution in [-0.2, 0) is 9.53 Å². The Labute approximate surface area is 145 Å². The van der Waals surface area contributed by atoms with Gasteiger partial charge in [0.2, 0.25) is 0 Å². The van der Waals surface area contributed by atoms with Gasteiger partial charge >= 0.3 is 5.97 Å². The molecule has 0 fully saturated rings. The summed E-state index contributed by atoms with van der Waals surface area (Å²) in [5.74, 6) is -1.04. The van der Waals surface area contributed by atoms with Crippen LogP contribution in [0.15, 0.2) is 30.4 Å². The molecule has 1 aliphatic carbocycles. The lowest BCUT2D eigenvalue weighted by molar-refractivity contribution is -0.131. The monoisotopic (exact) mass is 350 g/mol. The standard InChI is InChI=1S/C18H22O7/c1-24-12-6-8-13(16(21)10-12)18(23)25-11-4-2-3-5-14(19)17(22)15(20)9-7-11/h3,5-6,8,10-11,14,17,19,21-22H,2,4,7,9H2,1H3. The lowest BCUT2D eigenvalue weighted by atomic mass is 9.98. The minimum Gasteiger partial charge on any atom is -0.507 e. The fraction of sp³-hybridized carbons (Fsp3) is 0.444. The molecule has 2 rings (SSSR count). The van der Waals surface area contributed by atoms with Crippen molar-refractivity contribution in [2.45, 2.75) is 44.0 Å². The SMILES string of the molecule is COc1ccc(C(=O)OC2CCC=CC(O)C(O)C(=O)CC2)c(O)c1. The number of benzene rings is 1. The Morgan fingerprint density at radius 3 is 2.68 bits per heavy atom. The third kappa shape index (κ3) is 5.04. The Kier molecular flexibility index (Phi) is 6.55. The molecule has 7 nitrogen and oxygen atoms in total. The van der Waals surface area contributed by atoms with Gasteiger partial charge in [-0.25, -0.2) is 4.79 Å². The molecule has 136 valence electrons. The molecule has 0 aliphatic heterocycles. The van der Waals surface area contributed by atoms with Crippen LogP contribution in [0.4, 0.5) is 0 Å². The normalized spacial score (nSPS) is 24.6. The predicted octanol–water partition coefficient (Wildman–Crippen LogP) is 1.35. The van der Waals surface area contributed by atoms with E-state index in [-0.39, 0.29) is 24.2 Å². The van der Waals surface area contributed by atoms with Gasteiger partial charge in [0.1, 0.15) is 35.4 Å². The molecule has 3 N–H and O–H groups in total. The number of aliphatic hydroxyl groups excluding tert-OH is 2. The summed E-state index contributed by atoms with van der Waals surface area (Å²) in [6.45, 7) is 0. The number of carbonyl (C=O) groups is 2. The summed E-state index contributed by atoms with van der Waals surface area (Å²) in [6.07, 6.45) is 0.974. The highest BCUT2D eigenvalue weighted by Crippen LogP contribution is 2.25. The number of hydrogen-bond donors (Lipinski definition) is 3. The molecule has 1 aromatic carbocycles. The fourth-order valence-electron chi connectivity index (χ4n) is 2.55. The van der Waals surface area contributed by atoms with Gasteiger partial charge in [-0.3, -0.25) is 4.79 Å². The molecule has 0 aromatic heterocycles. The van der Waals surface area contributed by atoms with E-state index < -0.39 is 30.1 Å². The van der Waals surface area contributed by atoms with Gasteiger partial charge in [0.15, 0.2) is 5.78 Å². The van der Waals surface area contributed by atoms with Gasteiger partial charge in [0.25, 0.3) is 0 Å². The number of phenols is 1. The molecule has 7 heteroatoms. The minimum absolute atomic E-state index is 0.00946. The number of aromatic hydroxyl groups is 1. The minimum atomic E-state index is -1.48. The first-order valence-electron chi connectivity index (χ1n) is 8.06. The Morgan fingerprint density at radius 2 is 2.00 bits per heavy atom. The quantitative estimate of drug-likeness (QED) is 0.557. The second kappa shape index (κ2) is 8.64. The topological polar surface area (TPSA) is 113 Å². The summed E-state index contributed by atoms with van der Waals surface area (Å²) >= 11 is 0. The molecule has 1 aliphatic rings. The van der Waals surface area contributed by atoms with Crippen LogP contribution in [0.5, 0.6) is 11.5 Å². The average Bonchev–Trinajstić information content (AvgIpc) is 2.60. The molecule has 1 aromatic rings. The number of ether oxygens (including phenoxy) is 2. The second-order valence-corrected chi connectivity index (χ2v) is 5.86. The van der Waals surface area contributed by atoms with Gasteiger partial charge in [0.05, 0.1) is 7.11 Å². The lowest BCUT2D eigenvalue weighted by Gasteiger charge is -2.20.